The van der Waals surface area contributed by atoms with Crippen LogP contribution in [0.15, 0.2) is 30.7 Å². The van der Waals surface area contributed by atoms with E-state index in [0.29, 0.717) is 5.82 Å². The van der Waals surface area contributed by atoms with E-state index < -0.39 is 5.97 Å². The van der Waals surface area contributed by atoms with Crippen molar-refractivity contribution in [3.05, 3.63) is 46.9 Å². The van der Waals surface area contributed by atoms with Crippen LogP contribution in [-0.4, -0.2) is 21.0 Å². The molecule has 92 valence electrons. The number of hydrogen-bond donors (Lipinski definition) is 2. The number of rotatable bonds is 3. The molecular formula is C12H10ClN3O2. The first-order chi connectivity index (χ1) is 8.56. The first-order valence-corrected chi connectivity index (χ1v) is 5.51. The third kappa shape index (κ3) is 2.75. The quantitative estimate of drug-likeness (QED) is 0.891. The van der Waals surface area contributed by atoms with Crippen LogP contribution in [0.3, 0.4) is 0 Å². The number of aryl methyl sites for hydroxylation is 1. The number of anilines is 2. The minimum atomic E-state index is -1.06. The van der Waals surface area contributed by atoms with E-state index in [1.54, 1.807) is 12.4 Å². The summed E-state index contributed by atoms with van der Waals surface area (Å²) in [6.45, 7) is 1.92. The second kappa shape index (κ2) is 5.01. The predicted octanol–water partition coefficient (Wildman–Crippen LogP) is 2.88. The summed E-state index contributed by atoms with van der Waals surface area (Å²) in [5.41, 5.74) is 1.79. The fourth-order valence-electron chi connectivity index (χ4n) is 1.41. The van der Waals surface area contributed by atoms with E-state index in [1.807, 2.05) is 13.0 Å². The van der Waals surface area contributed by atoms with E-state index in [1.165, 1.54) is 12.3 Å². The van der Waals surface area contributed by atoms with Crippen LogP contribution in [0.4, 0.5) is 11.5 Å². The highest BCUT2D eigenvalue weighted by molar-refractivity contribution is 6.33. The van der Waals surface area contributed by atoms with E-state index in [-0.39, 0.29) is 10.6 Å². The van der Waals surface area contributed by atoms with Crippen molar-refractivity contribution >= 4 is 29.1 Å². The molecule has 18 heavy (non-hydrogen) atoms. The number of nitrogens with one attached hydrogen (secondary N) is 1. The normalized spacial score (nSPS) is 10.1. The largest absolute Gasteiger partial charge is 0.478 e. The van der Waals surface area contributed by atoms with Crippen LogP contribution in [0.1, 0.15) is 15.9 Å². The SMILES string of the molecule is Cc1cncc(Nc2ncc(C(=O)O)cc2Cl)c1. The van der Waals surface area contributed by atoms with Gasteiger partial charge in [-0.3, -0.25) is 4.98 Å². The van der Waals surface area contributed by atoms with E-state index in [0.717, 1.165) is 11.3 Å². The minimum absolute atomic E-state index is 0.0490. The van der Waals surface area contributed by atoms with Crippen LogP contribution in [-0.2, 0) is 0 Å². The van der Waals surface area contributed by atoms with Gasteiger partial charge in [-0.1, -0.05) is 11.6 Å². The summed E-state index contributed by atoms with van der Waals surface area (Å²) in [4.78, 5) is 18.7. The van der Waals surface area contributed by atoms with E-state index in [4.69, 9.17) is 16.7 Å². The molecular weight excluding hydrogens is 254 g/mol. The lowest BCUT2D eigenvalue weighted by Gasteiger charge is -2.07. The Bertz CT molecular complexity index is 602. The average molecular weight is 264 g/mol. The monoisotopic (exact) mass is 263 g/mol. The van der Waals surface area contributed by atoms with Gasteiger partial charge in [-0.15, -0.1) is 0 Å². The van der Waals surface area contributed by atoms with Gasteiger partial charge in [-0.05, 0) is 24.6 Å². The van der Waals surface area contributed by atoms with E-state index in [2.05, 4.69) is 15.3 Å². The summed E-state index contributed by atoms with van der Waals surface area (Å²) < 4.78 is 0. The van der Waals surface area contributed by atoms with Gasteiger partial charge in [-0.25, -0.2) is 9.78 Å². The van der Waals surface area contributed by atoms with Crippen molar-refractivity contribution in [3.8, 4) is 0 Å². The van der Waals surface area contributed by atoms with Gasteiger partial charge in [0, 0.05) is 12.4 Å². The zero-order valence-corrected chi connectivity index (χ0v) is 10.3. The van der Waals surface area contributed by atoms with Crippen LogP contribution >= 0.6 is 11.6 Å². The second-order valence-electron chi connectivity index (χ2n) is 3.74. The predicted molar refractivity (Wildman–Crippen MR) is 68.5 cm³/mol. The molecule has 0 saturated carbocycles. The summed E-state index contributed by atoms with van der Waals surface area (Å²) in [5, 5.41) is 12.0. The van der Waals surface area contributed by atoms with Gasteiger partial charge in [0.1, 0.15) is 5.82 Å². The molecule has 2 rings (SSSR count). The lowest BCUT2D eigenvalue weighted by Crippen LogP contribution is -2.00. The maximum Gasteiger partial charge on any atom is 0.337 e. The minimum Gasteiger partial charge on any atom is -0.478 e. The Morgan fingerprint density at radius 3 is 2.72 bits per heavy atom. The Labute approximate surface area is 108 Å². The van der Waals surface area contributed by atoms with Crippen molar-refractivity contribution in [1.29, 1.82) is 0 Å². The van der Waals surface area contributed by atoms with Gasteiger partial charge < -0.3 is 10.4 Å². The smallest absolute Gasteiger partial charge is 0.337 e. The third-order valence-electron chi connectivity index (χ3n) is 2.23. The Balaban J connectivity index is 2.27. The number of halogens is 1. The summed E-state index contributed by atoms with van der Waals surface area (Å²) >= 11 is 5.95. The first-order valence-electron chi connectivity index (χ1n) is 5.14. The van der Waals surface area contributed by atoms with Gasteiger partial charge in [0.05, 0.1) is 22.5 Å². The lowest BCUT2D eigenvalue weighted by atomic mass is 10.2. The standard InChI is InChI=1S/C12H10ClN3O2/c1-7-2-9(6-14-4-7)16-11-10(13)3-8(5-15-11)12(17)18/h2-6H,1H3,(H,15,16)(H,17,18). The van der Waals surface area contributed by atoms with Gasteiger partial charge >= 0.3 is 5.97 Å². The van der Waals surface area contributed by atoms with Gasteiger partial charge in [0.2, 0.25) is 0 Å². The molecule has 2 N–H and O–H groups in total. The third-order valence-corrected chi connectivity index (χ3v) is 2.51. The molecule has 0 spiro atoms. The topological polar surface area (TPSA) is 75.1 Å². The van der Waals surface area contributed by atoms with Gasteiger partial charge in [0.15, 0.2) is 0 Å². The van der Waals surface area contributed by atoms with Crippen molar-refractivity contribution in [1.82, 2.24) is 9.97 Å². The lowest BCUT2D eigenvalue weighted by molar-refractivity contribution is 0.0696. The molecule has 0 aliphatic carbocycles. The molecule has 0 radical (unpaired) electrons. The Morgan fingerprint density at radius 1 is 1.33 bits per heavy atom. The number of pyridine rings is 2. The van der Waals surface area contributed by atoms with Crippen LogP contribution in [0.5, 0.6) is 0 Å². The molecule has 0 bridgehead atoms. The fraction of sp³-hybridized carbons (Fsp3) is 0.0833. The number of nitrogens with zero attached hydrogens (tertiary/aromatic N) is 2. The zero-order chi connectivity index (χ0) is 13.1. The van der Waals surface area contributed by atoms with Gasteiger partial charge in [-0.2, -0.15) is 0 Å². The molecule has 2 heterocycles. The Morgan fingerprint density at radius 2 is 2.11 bits per heavy atom. The molecule has 0 amide bonds. The molecule has 0 aromatic carbocycles. The molecule has 0 fully saturated rings. The summed E-state index contributed by atoms with van der Waals surface area (Å²) in [7, 11) is 0. The van der Waals surface area contributed by atoms with Crippen LogP contribution < -0.4 is 5.32 Å². The summed E-state index contributed by atoms with van der Waals surface area (Å²) in [6.07, 6.45) is 4.61. The summed E-state index contributed by atoms with van der Waals surface area (Å²) in [6, 6.07) is 3.23. The Hall–Kier alpha value is -2.14. The van der Waals surface area contributed by atoms with Crippen molar-refractivity contribution in [2.24, 2.45) is 0 Å². The summed E-state index contributed by atoms with van der Waals surface area (Å²) in [5.74, 6) is -0.665. The number of carboxylic acids is 1. The van der Waals surface area contributed by atoms with Crippen LogP contribution in [0.25, 0.3) is 0 Å². The molecule has 0 saturated heterocycles. The van der Waals surface area contributed by atoms with E-state index >= 15 is 0 Å². The molecule has 6 heteroatoms. The van der Waals surface area contributed by atoms with E-state index in [9.17, 15) is 4.79 Å². The molecule has 0 aliphatic heterocycles. The maximum atomic E-state index is 10.7. The molecule has 0 atom stereocenters. The number of aromatic nitrogens is 2. The van der Waals surface area contributed by atoms with Crippen molar-refractivity contribution in [3.63, 3.8) is 0 Å². The average Bonchev–Trinajstić information content (AvgIpc) is 2.31. The number of hydrogen-bond acceptors (Lipinski definition) is 4. The first kappa shape index (κ1) is 12.3. The second-order valence-corrected chi connectivity index (χ2v) is 4.14. The molecule has 0 unspecified atom stereocenters. The molecule has 2 aromatic rings. The number of aromatic carboxylic acids is 1. The fourth-order valence-corrected chi connectivity index (χ4v) is 1.62. The van der Waals surface area contributed by atoms with Crippen molar-refractivity contribution in [2.45, 2.75) is 6.92 Å². The molecule has 0 aliphatic rings. The molecule has 2 aromatic heterocycles. The van der Waals surface area contributed by atoms with Crippen molar-refractivity contribution < 1.29 is 9.90 Å². The zero-order valence-electron chi connectivity index (χ0n) is 9.51. The highest BCUT2D eigenvalue weighted by Crippen LogP contribution is 2.23. The maximum absolute atomic E-state index is 10.7. The van der Waals surface area contributed by atoms with Gasteiger partial charge in [0.25, 0.3) is 0 Å². The highest BCUT2D eigenvalue weighted by atomic mass is 35.5. The molecule has 5 nitrogen and oxygen atoms in total. The number of carboxylic acid groups (broad SMARTS) is 1. The number of carbonyl (C=O) groups is 1. The van der Waals surface area contributed by atoms with Crippen LogP contribution in [0.2, 0.25) is 5.02 Å². The highest BCUT2D eigenvalue weighted by Gasteiger charge is 2.08. The van der Waals surface area contributed by atoms with Crippen LogP contribution in [0, 0.1) is 6.92 Å². The van der Waals surface area contributed by atoms with Crippen molar-refractivity contribution in [2.75, 3.05) is 5.32 Å². The Kier molecular flexibility index (Phi) is 3.43.